The Hall–Kier alpha value is -1.65. The first-order valence-corrected chi connectivity index (χ1v) is 3.93. The van der Waals surface area contributed by atoms with Crippen LogP contribution < -0.4 is 5.73 Å². The van der Waals surface area contributed by atoms with Crippen LogP contribution in [0.25, 0.3) is 0 Å². The van der Waals surface area contributed by atoms with E-state index in [-0.39, 0.29) is 11.6 Å². The largest absolute Gasteiger partial charge is 0.384 e. The Balaban J connectivity index is 3.26. The lowest BCUT2D eigenvalue weighted by Crippen LogP contribution is -2.02. The van der Waals surface area contributed by atoms with Crippen molar-refractivity contribution in [3.8, 4) is 0 Å². The SMILES string of the molecule is CC(C)c1nc(N)ccc1[N+](=O)[O-]. The summed E-state index contributed by atoms with van der Waals surface area (Å²) in [5.74, 6) is 0.318. The van der Waals surface area contributed by atoms with Crippen molar-refractivity contribution in [3.05, 3.63) is 27.9 Å². The third-order valence-electron chi connectivity index (χ3n) is 1.67. The van der Waals surface area contributed by atoms with Crippen LogP contribution in [0.5, 0.6) is 0 Å². The van der Waals surface area contributed by atoms with Crippen molar-refractivity contribution in [1.82, 2.24) is 4.98 Å². The van der Waals surface area contributed by atoms with Gasteiger partial charge in [-0.3, -0.25) is 10.1 Å². The second-order valence-corrected chi connectivity index (χ2v) is 3.05. The summed E-state index contributed by atoms with van der Waals surface area (Å²) in [7, 11) is 0. The predicted molar refractivity (Wildman–Crippen MR) is 49.4 cm³/mol. The Kier molecular flexibility index (Phi) is 2.46. The molecule has 1 aromatic rings. The van der Waals surface area contributed by atoms with Crippen molar-refractivity contribution >= 4 is 11.5 Å². The lowest BCUT2D eigenvalue weighted by atomic mass is 10.1. The van der Waals surface area contributed by atoms with Crippen molar-refractivity contribution in [2.24, 2.45) is 0 Å². The molecule has 5 nitrogen and oxygen atoms in total. The van der Waals surface area contributed by atoms with Crippen LogP contribution in [0.15, 0.2) is 12.1 Å². The van der Waals surface area contributed by atoms with E-state index in [0.717, 1.165) is 0 Å². The highest BCUT2D eigenvalue weighted by molar-refractivity contribution is 5.43. The minimum absolute atomic E-state index is 0.00361. The van der Waals surface area contributed by atoms with Crippen LogP contribution >= 0.6 is 0 Å². The van der Waals surface area contributed by atoms with Crippen LogP contribution in [0.4, 0.5) is 11.5 Å². The third kappa shape index (κ3) is 1.93. The van der Waals surface area contributed by atoms with Gasteiger partial charge in [-0.2, -0.15) is 0 Å². The lowest BCUT2D eigenvalue weighted by Gasteiger charge is -2.05. The van der Waals surface area contributed by atoms with Crippen molar-refractivity contribution in [2.45, 2.75) is 19.8 Å². The van der Waals surface area contributed by atoms with Crippen LogP contribution in [-0.4, -0.2) is 9.91 Å². The number of nitrogens with zero attached hydrogens (tertiary/aromatic N) is 2. The van der Waals surface area contributed by atoms with Gasteiger partial charge in [-0.1, -0.05) is 13.8 Å². The summed E-state index contributed by atoms with van der Waals surface area (Å²) < 4.78 is 0. The van der Waals surface area contributed by atoms with Gasteiger partial charge in [0, 0.05) is 12.0 Å². The summed E-state index contributed by atoms with van der Waals surface area (Å²) >= 11 is 0. The molecule has 70 valence electrons. The van der Waals surface area contributed by atoms with Crippen LogP contribution in [0, 0.1) is 10.1 Å². The fourth-order valence-electron chi connectivity index (χ4n) is 1.06. The minimum Gasteiger partial charge on any atom is -0.384 e. The van der Waals surface area contributed by atoms with Crippen LogP contribution in [-0.2, 0) is 0 Å². The van der Waals surface area contributed by atoms with Gasteiger partial charge < -0.3 is 5.73 Å². The van der Waals surface area contributed by atoms with E-state index in [2.05, 4.69) is 4.98 Å². The maximum Gasteiger partial charge on any atom is 0.291 e. The predicted octanol–water partition coefficient (Wildman–Crippen LogP) is 1.70. The van der Waals surface area contributed by atoms with E-state index in [1.165, 1.54) is 12.1 Å². The lowest BCUT2D eigenvalue weighted by molar-refractivity contribution is -0.386. The zero-order chi connectivity index (χ0) is 10.0. The molecule has 0 atom stereocenters. The normalized spacial score (nSPS) is 10.4. The molecule has 1 aromatic heterocycles. The fraction of sp³-hybridized carbons (Fsp3) is 0.375. The van der Waals surface area contributed by atoms with Gasteiger partial charge in [0.15, 0.2) is 0 Å². The first-order chi connectivity index (χ1) is 6.02. The molecule has 0 amide bonds. The molecule has 0 radical (unpaired) electrons. The summed E-state index contributed by atoms with van der Waals surface area (Å²) in [4.78, 5) is 14.0. The van der Waals surface area contributed by atoms with Gasteiger partial charge in [-0.05, 0) is 6.07 Å². The van der Waals surface area contributed by atoms with Gasteiger partial charge in [0.2, 0.25) is 0 Å². The number of pyridine rings is 1. The molecule has 13 heavy (non-hydrogen) atoms. The molecule has 5 heteroatoms. The Bertz CT molecular complexity index is 336. The van der Waals surface area contributed by atoms with E-state index in [4.69, 9.17) is 5.73 Å². The summed E-state index contributed by atoms with van der Waals surface area (Å²) in [6.07, 6.45) is 0. The zero-order valence-electron chi connectivity index (χ0n) is 7.52. The molecule has 0 unspecified atom stereocenters. The third-order valence-corrected chi connectivity index (χ3v) is 1.67. The number of anilines is 1. The number of nitro groups is 1. The summed E-state index contributed by atoms with van der Waals surface area (Å²) in [5, 5.41) is 10.6. The molecule has 0 aromatic carbocycles. The van der Waals surface area contributed by atoms with Crippen molar-refractivity contribution in [3.63, 3.8) is 0 Å². The molecule has 2 N–H and O–H groups in total. The molecule has 0 saturated carbocycles. The highest BCUT2D eigenvalue weighted by Gasteiger charge is 2.17. The molecule has 0 bridgehead atoms. The van der Waals surface area contributed by atoms with Crippen molar-refractivity contribution < 1.29 is 4.92 Å². The molecule has 1 rings (SSSR count). The van der Waals surface area contributed by atoms with E-state index in [9.17, 15) is 10.1 Å². The molecule has 0 fully saturated rings. The topological polar surface area (TPSA) is 82.0 Å². The second kappa shape index (κ2) is 3.38. The number of rotatable bonds is 2. The fourth-order valence-corrected chi connectivity index (χ4v) is 1.06. The first kappa shape index (κ1) is 9.44. The van der Waals surface area contributed by atoms with Gasteiger partial charge in [0.05, 0.1) is 4.92 Å². The van der Waals surface area contributed by atoms with E-state index in [1.54, 1.807) is 0 Å². The number of hydrogen-bond acceptors (Lipinski definition) is 4. The van der Waals surface area contributed by atoms with Crippen LogP contribution in [0.2, 0.25) is 0 Å². The average Bonchev–Trinajstić information content (AvgIpc) is 2.03. The average molecular weight is 181 g/mol. The van der Waals surface area contributed by atoms with E-state index in [0.29, 0.717) is 11.5 Å². The Labute approximate surface area is 75.7 Å². The van der Waals surface area contributed by atoms with E-state index in [1.807, 2.05) is 13.8 Å². The highest BCUT2D eigenvalue weighted by Crippen LogP contribution is 2.24. The highest BCUT2D eigenvalue weighted by atomic mass is 16.6. The Morgan fingerprint density at radius 1 is 1.54 bits per heavy atom. The minimum atomic E-state index is -0.443. The standard InChI is InChI=1S/C8H11N3O2/c1-5(2)8-6(11(12)13)3-4-7(9)10-8/h3-5H,1-2H3,(H2,9,10). The van der Waals surface area contributed by atoms with Gasteiger partial charge in [0.25, 0.3) is 5.69 Å². The van der Waals surface area contributed by atoms with Crippen molar-refractivity contribution in [2.75, 3.05) is 5.73 Å². The van der Waals surface area contributed by atoms with Crippen LogP contribution in [0.1, 0.15) is 25.5 Å². The van der Waals surface area contributed by atoms with Crippen molar-refractivity contribution in [1.29, 1.82) is 0 Å². The van der Waals surface area contributed by atoms with Gasteiger partial charge in [-0.25, -0.2) is 4.98 Å². The zero-order valence-corrected chi connectivity index (χ0v) is 7.52. The van der Waals surface area contributed by atoms with Crippen LogP contribution in [0.3, 0.4) is 0 Å². The van der Waals surface area contributed by atoms with E-state index >= 15 is 0 Å². The van der Waals surface area contributed by atoms with E-state index < -0.39 is 4.92 Å². The second-order valence-electron chi connectivity index (χ2n) is 3.05. The molecular weight excluding hydrogens is 170 g/mol. The molecule has 1 heterocycles. The quantitative estimate of drug-likeness (QED) is 0.556. The smallest absolute Gasteiger partial charge is 0.291 e. The maximum atomic E-state index is 10.6. The summed E-state index contributed by atoms with van der Waals surface area (Å²) in [6.45, 7) is 3.68. The summed E-state index contributed by atoms with van der Waals surface area (Å²) in [5.41, 5.74) is 5.90. The molecule has 0 aliphatic heterocycles. The number of hydrogen-bond donors (Lipinski definition) is 1. The molecule has 0 saturated heterocycles. The Morgan fingerprint density at radius 3 is 2.62 bits per heavy atom. The number of nitrogens with two attached hydrogens (primary N) is 1. The van der Waals surface area contributed by atoms with Gasteiger partial charge >= 0.3 is 0 Å². The molecule has 0 aliphatic carbocycles. The number of aromatic nitrogens is 1. The maximum absolute atomic E-state index is 10.6. The monoisotopic (exact) mass is 181 g/mol. The number of nitrogen functional groups attached to an aromatic ring is 1. The molecule has 0 aliphatic rings. The van der Waals surface area contributed by atoms with Gasteiger partial charge in [0.1, 0.15) is 11.5 Å². The molecule has 0 spiro atoms. The summed E-state index contributed by atoms with van der Waals surface area (Å²) in [6, 6.07) is 2.82. The Morgan fingerprint density at radius 2 is 2.15 bits per heavy atom. The molecular formula is C8H11N3O2. The first-order valence-electron chi connectivity index (χ1n) is 3.93. The van der Waals surface area contributed by atoms with Gasteiger partial charge in [-0.15, -0.1) is 0 Å².